The zero-order chi connectivity index (χ0) is 14.4. The molecule has 1 saturated heterocycles. The van der Waals surface area contributed by atoms with Crippen molar-refractivity contribution < 1.29 is 9.53 Å². The molecule has 20 heavy (non-hydrogen) atoms. The lowest BCUT2D eigenvalue weighted by Gasteiger charge is -2.19. The minimum absolute atomic E-state index is 0.141. The number of aromatic nitrogens is 2. The molecular weight excluding hydrogens is 256 g/mol. The summed E-state index contributed by atoms with van der Waals surface area (Å²) in [5.74, 6) is 0.602. The fraction of sp³-hybridized carbons (Fsp3) is 0.643. The highest BCUT2D eigenvalue weighted by Gasteiger charge is 2.17. The number of carbonyl (C=O) groups excluding carboxylic acids is 1. The van der Waals surface area contributed by atoms with Gasteiger partial charge in [0.2, 0.25) is 0 Å². The zero-order valence-electron chi connectivity index (χ0n) is 12.1. The van der Waals surface area contributed by atoms with E-state index in [4.69, 9.17) is 4.74 Å². The molecule has 2 rings (SSSR count). The second-order valence-corrected chi connectivity index (χ2v) is 4.78. The summed E-state index contributed by atoms with van der Waals surface area (Å²) in [6.07, 6.45) is 5.39. The lowest BCUT2D eigenvalue weighted by molar-refractivity contribution is 0.0853. The first-order valence-electron chi connectivity index (χ1n) is 7.21. The molecule has 1 aliphatic rings. The number of anilines is 1. The molecule has 6 heteroatoms. The number of carbonyl (C=O) groups is 1. The van der Waals surface area contributed by atoms with Gasteiger partial charge in [-0.25, -0.2) is 9.97 Å². The first-order chi connectivity index (χ1) is 9.74. The molecule has 0 bridgehead atoms. The van der Waals surface area contributed by atoms with E-state index in [-0.39, 0.29) is 12.0 Å². The monoisotopic (exact) mass is 278 g/mol. The SMILES string of the molecule is CCN(CC)c1cnc(C(=O)NCC2CCCO2)cn1. The summed E-state index contributed by atoms with van der Waals surface area (Å²) < 4.78 is 5.46. The van der Waals surface area contributed by atoms with Crippen LogP contribution in [0, 0.1) is 0 Å². The van der Waals surface area contributed by atoms with Crippen LogP contribution in [0.2, 0.25) is 0 Å². The summed E-state index contributed by atoms with van der Waals surface area (Å²) in [5, 5.41) is 2.84. The van der Waals surface area contributed by atoms with Gasteiger partial charge in [0.25, 0.3) is 5.91 Å². The third kappa shape index (κ3) is 3.66. The minimum atomic E-state index is -0.195. The Bertz CT molecular complexity index is 425. The highest BCUT2D eigenvalue weighted by molar-refractivity contribution is 5.92. The van der Waals surface area contributed by atoms with E-state index >= 15 is 0 Å². The van der Waals surface area contributed by atoms with Gasteiger partial charge in [0.1, 0.15) is 11.5 Å². The van der Waals surface area contributed by atoms with Crippen LogP contribution >= 0.6 is 0 Å². The van der Waals surface area contributed by atoms with Crippen LogP contribution in [0.3, 0.4) is 0 Å². The summed E-state index contributed by atoms with van der Waals surface area (Å²) in [7, 11) is 0. The van der Waals surface area contributed by atoms with Gasteiger partial charge >= 0.3 is 0 Å². The van der Waals surface area contributed by atoms with E-state index in [1.165, 1.54) is 6.20 Å². The van der Waals surface area contributed by atoms with Gasteiger partial charge in [0.15, 0.2) is 0 Å². The summed E-state index contributed by atoms with van der Waals surface area (Å²) in [5.41, 5.74) is 0.346. The number of amides is 1. The van der Waals surface area contributed by atoms with Crippen LogP contribution in [0.4, 0.5) is 5.82 Å². The number of hydrogen-bond acceptors (Lipinski definition) is 5. The normalized spacial score (nSPS) is 18.0. The molecule has 0 aliphatic carbocycles. The quantitative estimate of drug-likeness (QED) is 0.847. The predicted octanol–water partition coefficient (Wildman–Crippen LogP) is 1.23. The number of nitrogens with one attached hydrogen (secondary N) is 1. The average Bonchev–Trinajstić information content (AvgIpc) is 3.00. The molecule has 2 heterocycles. The second kappa shape index (κ2) is 7.19. The van der Waals surface area contributed by atoms with Gasteiger partial charge in [-0.15, -0.1) is 0 Å². The van der Waals surface area contributed by atoms with E-state index in [2.05, 4.69) is 34.0 Å². The molecule has 0 spiro atoms. The largest absolute Gasteiger partial charge is 0.376 e. The molecule has 1 N–H and O–H groups in total. The van der Waals surface area contributed by atoms with Crippen LogP contribution in [0.1, 0.15) is 37.2 Å². The van der Waals surface area contributed by atoms with Crippen LogP contribution < -0.4 is 10.2 Å². The highest BCUT2D eigenvalue weighted by atomic mass is 16.5. The fourth-order valence-corrected chi connectivity index (χ4v) is 2.25. The Hall–Kier alpha value is -1.69. The summed E-state index contributed by atoms with van der Waals surface area (Å²) >= 11 is 0. The van der Waals surface area contributed by atoms with Crippen LogP contribution in [-0.4, -0.2) is 48.2 Å². The Kier molecular flexibility index (Phi) is 5.29. The van der Waals surface area contributed by atoms with Crippen molar-refractivity contribution in [1.82, 2.24) is 15.3 Å². The highest BCUT2D eigenvalue weighted by Crippen LogP contribution is 2.11. The Morgan fingerprint density at radius 1 is 1.40 bits per heavy atom. The van der Waals surface area contributed by atoms with E-state index in [1.54, 1.807) is 6.20 Å². The number of rotatable bonds is 6. The Morgan fingerprint density at radius 3 is 2.75 bits per heavy atom. The summed E-state index contributed by atoms with van der Waals surface area (Å²) in [6.45, 7) is 7.20. The standard InChI is InChI=1S/C14H22N4O2/c1-3-18(4-2)13-10-15-12(9-16-13)14(19)17-8-11-6-5-7-20-11/h9-11H,3-8H2,1-2H3,(H,17,19). The van der Waals surface area contributed by atoms with Crippen LogP contribution in [-0.2, 0) is 4.74 Å². The molecule has 0 saturated carbocycles. The minimum Gasteiger partial charge on any atom is -0.376 e. The summed E-state index contributed by atoms with van der Waals surface area (Å²) in [6, 6.07) is 0. The number of ether oxygens (including phenoxy) is 1. The first-order valence-corrected chi connectivity index (χ1v) is 7.21. The maximum absolute atomic E-state index is 11.9. The Labute approximate surface area is 119 Å². The van der Waals surface area contributed by atoms with Crippen LogP contribution in [0.25, 0.3) is 0 Å². The van der Waals surface area contributed by atoms with Crippen molar-refractivity contribution in [3.05, 3.63) is 18.1 Å². The van der Waals surface area contributed by atoms with E-state index in [1.807, 2.05) is 0 Å². The van der Waals surface area contributed by atoms with Gasteiger partial charge in [-0.1, -0.05) is 0 Å². The predicted molar refractivity (Wildman–Crippen MR) is 76.9 cm³/mol. The third-order valence-corrected chi connectivity index (χ3v) is 3.47. The molecule has 1 aliphatic heterocycles. The van der Waals surface area contributed by atoms with Gasteiger partial charge in [-0.3, -0.25) is 4.79 Å². The van der Waals surface area contributed by atoms with Crippen molar-refractivity contribution in [1.29, 1.82) is 0 Å². The zero-order valence-corrected chi connectivity index (χ0v) is 12.1. The van der Waals surface area contributed by atoms with E-state index < -0.39 is 0 Å². The van der Waals surface area contributed by atoms with Crippen molar-refractivity contribution in [2.45, 2.75) is 32.8 Å². The molecule has 1 aromatic heterocycles. The van der Waals surface area contributed by atoms with Gasteiger partial charge in [0.05, 0.1) is 18.5 Å². The molecule has 1 aromatic rings. The lowest BCUT2D eigenvalue weighted by atomic mass is 10.2. The number of hydrogen-bond donors (Lipinski definition) is 1. The molecule has 1 unspecified atom stereocenters. The van der Waals surface area contributed by atoms with Crippen molar-refractivity contribution in [3.63, 3.8) is 0 Å². The van der Waals surface area contributed by atoms with E-state index in [9.17, 15) is 4.79 Å². The summed E-state index contributed by atoms with van der Waals surface area (Å²) in [4.78, 5) is 22.5. The molecule has 110 valence electrons. The topological polar surface area (TPSA) is 67.4 Å². The van der Waals surface area contributed by atoms with Crippen molar-refractivity contribution in [2.24, 2.45) is 0 Å². The number of nitrogens with zero attached hydrogens (tertiary/aromatic N) is 3. The maximum Gasteiger partial charge on any atom is 0.271 e. The van der Waals surface area contributed by atoms with Gasteiger partial charge < -0.3 is 15.0 Å². The van der Waals surface area contributed by atoms with Crippen LogP contribution in [0.5, 0.6) is 0 Å². The first kappa shape index (κ1) is 14.7. The smallest absolute Gasteiger partial charge is 0.271 e. The lowest BCUT2D eigenvalue weighted by Crippen LogP contribution is -2.32. The van der Waals surface area contributed by atoms with E-state index in [0.29, 0.717) is 12.2 Å². The van der Waals surface area contributed by atoms with Gasteiger partial charge in [0, 0.05) is 26.2 Å². The van der Waals surface area contributed by atoms with Gasteiger partial charge in [-0.05, 0) is 26.7 Å². The molecule has 1 fully saturated rings. The molecule has 6 nitrogen and oxygen atoms in total. The van der Waals surface area contributed by atoms with Crippen molar-refractivity contribution in [2.75, 3.05) is 31.1 Å². The Morgan fingerprint density at radius 2 is 2.20 bits per heavy atom. The third-order valence-electron chi connectivity index (χ3n) is 3.47. The second-order valence-electron chi connectivity index (χ2n) is 4.78. The van der Waals surface area contributed by atoms with E-state index in [0.717, 1.165) is 38.4 Å². The van der Waals surface area contributed by atoms with Crippen molar-refractivity contribution in [3.8, 4) is 0 Å². The fourth-order valence-electron chi connectivity index (χ4n) is 2.25. The van der Waals surface area contributed by atoms with Crippen molar-refractivity contribution >= 4 is 11.7 Å². The molecular formula is C14H22N4O2. The van der Waals surface area contributed by atoms with Gasteiger partial charge in [-0.2, -0.15) is 0 Å². The molecule has 0 radical (unpaired) electrons. The molecule has 1 atom stereocenters. The Balaban J connectivity index is 1.89. The maximum atomic E-state index is 11.9. The average molecular weight is 278 g/mol. The van der Waals surface area contributed by atoms with Crippen LogP contribution in [0.15, 0.2) is 12.4 Å². The molecule has 1 amide bonds. The molecule has 0 aromatic carbocycles.